The predicted molar refractivity (Wildman–Crippen MR) is 308 cm³/mol. The van der Waals surface area contributed by atoms with Gasteiger partial charge in [0.05, 0.1) is 39.6 Å². The molecule has 0 saturated carbocycles. The van der Waals surface area contributed by atoms with Gasteiger partial charge in [0.15, 0.2) is 19.8 Å². The SMILES string of the molecule is CCN(CC)C(=O)COc1c2cc(C(=O)Nc3ccccc3)cc1COCc1cc(C(=O)Nc3ccccc3)cc(c1OCC(=O)N(CC)CC)COCc1cc(C(=O)Nc3ccccc3)cc(c1OCC(=O)N(CC)CC)COC2.[Br-].[Li+]. The Morgan fingerprint density at radius 1 is 0.373 bits per heavy atom. The molecule has 1 heterocycles. The van der Waals surface area contributed by atoms with Crippen LogP contribution in [0.3, 0.4) is 0 Å². The van der Waals surface area contributed by atoms with Crippen molar-refractivity contribution >= 4 is 52.5 Å². The smallest absolute Gasteiger partial charge is 1.00 e. The van der Waals surface area contributed by atoms with Crippen molar-refractivity contribution in [2.75, 3.05) is 75.0 Å². The standard InChI is InChI=1S/C63H72N6O12.BrH.Li/c1-7-67(8-2)55(70)40-79-58-46-28-43(61(73)64-52-22-16-13-17-23-52)29-47(58)35-77-37-49-31-45(63(75)66-54-26-20-15-21-27-54)33-51(60(49)81-42-57(72)69(11-5)12-6)39-78-38-50-32-44(62(74)65-53-24-18-14-19-25-53)30-48(36-76-34-46)59(50)80-41-56(71)68(9-3)10-4;;/h13-33H,7-12,34-42H2,1-6H3,(H,64,73)(H,65,74)(H,66,75);1H;/q;;+1/p-1. The van der Waals surface area contributed by atoms with E-state index in [1.165, 1.54) is 0 Å². The molecule has 18 nitrogen and oxygen atoms in total. The fourth-order valence-electron chi connectivity index (χ4n) is 9.25. The van der Waals surface area contributed by atoms with Crippen molar-refractivity contribution in [1.29, 1.82) is 0 Å². The second-order valence-corrected chi connectivity index (χ2v) is 18.9. The molecule has 0 spiro atoms. The van der Waals surface area contributed by atoms with Gasteiger partial charge in [-0.3, -0.25) is 28.8 Å². The van der Waals surface area contributed by atoms with Crippen LogP contribution in [0.1, 0.15) is 106 Å². The molecule has 83 heavy (non-hydrogen) atoms. The topological polar surface area (TPSA) is 204 Å². The molecule has 0 radical (unpaired) electrons. The normalized spacial score (nSPS) is 12.1. The van der Waals surface area contributed by atoms with Gasteiger partial charge in [-0.05, 0) is 114 Å². The molecule has 0 atom stereocenters. The zero-order chi connectivity index (χ0) is 57.7. The molecule has 20 heteroatoms. The van der Waals surface area contributed by atoms with E-state index < -0.39 is 17.7 Å². The van der Waals surface area contributed by atoms with Crippen LogP contribution in [-0.4, -0.2) is 109 Å². The molecule has 0 aliphatic carbocycles. The second kappa shape index (κ2) is 33.6. The minimum absolute atomic E-state index is 0. The van der Waals surface area contributed by atoms with Crippen LogP contribution in [0.4, 0.5) is 17.1 Å². The van der Waals surface area contributed by atoms with Gasteiger partial charge in [0, 0.05) is 106 Å². The van der Waals surface area contributed by atoms with Crippen LogP contribution >= 0.6 is 0 Å². The number of carbonyl (C=O) groups is 6. The Morgan fingerprint density at radius 2 is 0.578 bits per heavy atom. The maximum Gasteiger partial charge on any atom is 1.00 e. The molecule has 0 aromatic heterocycles. The molecule has 7 rings (SSSR count). The Labute approximate surface area is 508 Å². The number of benzene rings is 6. The van der Waals surface area contributed by atoms with Gasteiger partial charge in [0.2, 0.25) is 0 Å². The summed E-state index contributed by atoms with van der Waals surface area (Å²) in [7, 11) is 0. The monoisotopic (exact) mass is 1190 g/mol. The zero-order valence-electron chi connectivity index (χ0n) is 48.3. The van der Waals surface area contributed by atoms with E-state index in [0.717, 1.165) is 0 Å². The van der Waals surface area contributed by atoms with E-state index in [9.17, 15) is 28.8 Å². The molecule has 0 unspecified atom stereocenters. The molecule has 3 N–H and O–H groups in total. The maximum atomic E-state index is 14.3. The first-order chi connectivity index (χ1) is 39.4. The molecule has 434 valence electrons. The Hall–Kier alpha value is -7.50. The number of carbonyl (C=O) groups excluding carboxylic acids is 6. The summed E-state index contributed by atoms with van der Waals surface area (Å²) in [6.07, 6.45) is 0. The molecular formula is C63H72BrLiN6O12. The van der Waals surface area contributed by atoms with Crippen LogP contribution in [0.5, 0.6) is 17.2 Å². The van der Waals surface area contributed by atoms with Crippen molar-refractivity contribution < 1.29 is 93.0 Å². The summed E-state index contributed by atoms with van der Waals surface area (Å²) in [6.45, 7) is 11.6. The van der Waals surface area contributed by atoms with Crippen LogP contribution in [0, 0.1) is 0 Å². The Morgan fingerprint density at radius 3 is 0.771 bits per heavy atom. The molecule has 0 fully saturated rings. The number of nitrogens with zero attached hydrogens (tertiary/aromatic N) is 3. The number of amides is 6. The second-order valence-electron chi connectivity index (χ2n) is 18.9. The van der Waals surface area contributed by atoms with Crippen molar-refractivity contribution in [3.63, 3.8) is 0 Å². The fourth-order valence-corrected chi connectivity index (χ4v) is 9.25. The van der Waals surface area contributed by atoms with Gasteiger partial charge in [-0.25, -0.2) is 0 Å². The van der Waals surface area contributed by atoms with E-state index in [-0.39, 0.29) is 147 Å². The third kappa shape index (κ3) is 18.5. The van der Waals surface area contributed by atoms with Gasteiger partial charge < -0.3 is 76.1 Å². The van der Waals surface area contributed by atoms with Crippen LogP contribution in [0.2, 0.25) is 0 Å². The first kappa shape index (κ1) is 66.3. The van der Waals surface area contributed by atoms with Gasteiger partial charge in [0.25, 0.3) is 35.4 Å². The first-order valence-electron chi connectivity index (χ1n) is 27.4. The number of para-hydroxylation sites is 3. The molecule has 0 saturated heterocycles. The summed E-state index contributed by atoms with van der Waals surface area (Å²) in [4.78, 5) is 88.7. The number of rotatable bonds is 21. The number of nitrogens with one attached hydrogen (secondary N) is 3. The number of halogens is 1. The van der Waals surface area contributed by atoms with Gasteiger partial charge in [-0.15, -0.1) is 0 Å². The summed E-state index contributed by atoms with van der Waals surface area (Å²) in [5.41, 5.74) is 4.56. The first-order valence-corrected chi connectivity index (χ1v) is 27.4. The van der Waals surface area contributed by atoms with E-state index in [1.54, 1.807) is 124 Å². The van der Waals surface area contributed by atoms with E-state index in [4.69, 9.17) is 28.4 Å². The number of hydrogen-bond donors (Lipinski definition) is 3. The van der Waals surface area contributed by atoms with Crippen molar-refractivity contribution in [2.24, 2.45) is 0 Å². The number of fused-ring (bicyclic) bond motifs is 6. The Bertz CT molecular complexity index is 2720. The van der Waals surface area contributed by atoms with Gasteiger partial charge in [-0.1, -0.05) is 54.6 Å². The summed E-state index contributed by atoms with van der Waals surface area (Å²) < 4.78 is 39.1. The largest absolute Gasteiger partial charge is 1.00 e. The molecule has 6 amide bonds. The molecule has 1 aliphatic rings. The van der Waals surface area contributed by atoms with Crippen LogP contribution in [-0.2, 0) is 68.2 Å². The molecule has 6 aromatic rings. The average molecular weight is 1190 g/mol. The summed E-state index contributed by atoms with van der Waals surface area (Å²) in [5.74, 6) is -1.54. The molecular weight excluding hydrogens is 1120 g/mol. The summed E-state index contributed by atoms with van der Waals surface area (Å²) >= 11 is 0. The minimum Gasteiger partial charge on any atom is -1.00 e. The minimum atomic E-state index is -0.456. The van der Waals surface area contributed by atoms with E-state index >= 15 is 0 Å². The maximum absolute atomic E-state index is 14.3. The van der Waals surface area contributed by atoms with Gasteiger partial charge in [0.1, 0.15) is 17.2 Å². The fraction of sp³-hybridized carbons (Fsp3) is 0.333. The van der Waals surface area contributed by atoms with E-state index in [2.05, 4.69) is 16.0 Å². The number of hydrogen-bond acceptors (Lipinski definition) is 12. The van der Waals surface area contributed by atoms with Crippen molar-refractivity contribution in [2.45, 2.75) is 81.2 Å². The van der Waals surface area contributed by atoms with Crippen molar-refractivity contribution in [3.05, 3.63) is 177 Å². The Kier molecular flexibility index (Phi) is 26.8. The molecule has 6 aromatic carbocycles. The quantitative estimate of drug-likeness (QED) is 0.0885. The third-order valence-electron chi connectivity index (χ3n) is 13.5. The summed E-state index contributed by atoms with van der Waals surface area (Å²) in [5, 5.41) is 8.88. The van der Waals surface area contributed by atoms with Gasteiger partial charge in [-0.2, -0.15) is 0 Å². The average Bonchev–Trinajstić information content (AvgIpc) is 3.54. The van der Waals surface area contributed by atoms with Crippen LogP contribution in [0.15, 0.2) is 127 Å². The molecule has 6 bridgehead atoms. The number of ether oxygens (including phenoxy) is 6. The van der Waals surface area contributed by atoms with E-state index in [0.29, 0.717) is 89.7 Å². The number of anilines is 3. The number of likely N-dealkylation sites (N-methyl/N-ethyl adjacent to an activating group) is 3. The Balaban J connectivity index is 0.00000631. The van der Waals surface area contributed by atoms with Crippen LogP contribution < -0.4 is 66.0 Å². The molecule has 1 aliphatic heterocycles. The third-order valence-corrected chi connectivity index (χ3v) is 13.5. The van der Waals surface area contributed by atoms with Crippen molar-refractivity contribution in [1.82, 2.24) is 14.7 Å². The van der Waals surface area contributed by atoms with Crippen LogP contribution in [0.25, 0.3) is 0 Å². The predicted octanol–water partition coefficient (Wildman–Crippen LogP) is 3.66. The van der Waals surface area contributed by atoms with Gasteiger partial charge >= 0.3 is 18.9 Å². The van der Waals surface area contributed by atoms with E-state index in [1.807, 2.05) is 59.7 Å². The zero-order valence-corrected chi connectivity index (χ0v) is 49.9. The van der Waals surface area contributed by atoms with Crippen molar-refractivity contribution in [3.8, 4) is 17.2 Å². The summed E-state index contributed by atoms with van der Waals surface area (Å²) in [6, 6.07) is 36.6.